The molecule has 21 heavy (non-hydrogen) atoms. The standard InChI is InChI=1S/C16H12N4O/c1-9-3-4-12(10(2)19-9)15-13-7-11(8-17)16(21)20-14(13)5-6-18-15/h3-7H,1-2H3,(H,20,21). The van der Waals surface area contributed by atoms with Gasteiger partial charge in [0.05, 0.1) is 11.2 Å². The molecule has 102 valence electrons. The Balaban J connectivity index is 2.38. The number of fused-ring (bicyclic) bond motifs is 1. The van der Waals surface area contributed by atoms with E-state index in [0.717, 1.165) is 22.3 Å². The molecular weight excluding hydrogens is 264 g/mol. The molecule has 0 bridgehead atoms. The summed E-state index contributed by atoms with van der Waals surface area (Å²) >= 11 is 0. The van der Waals surface area contributed by atoms with Gasteiger partial charge in [0.1, 0.15) is 11.6 Å². The van der Waals surface area contributed by atoms with Gasteiger partial charge in [-0.05, 0) is 38.1 Å². The fourth-order valence-electron chi connectivity index (χ4n) is 2.36. The van der Waals surface area contributed by atoms with Crippen LogP contribution < -0.4 is 5.56 Å². The molecule has 0 aliphatic rings. The summed E-state index contributed by atoms with van der Waals surface area (Å²) in [6.45, 7) is 3.85. The molecule has 0 unspecified atom stereocenters. The van der Waals surface area contributed by atoms with E-state index < -0.39 is 0 Å². The molecule has 3 aromatic heterocycles. The van der Waals surface area contributed by atoms with Crippen molar-refractivity contribution in [1.82, 2.24) is 15.0 Å². The summed E-state index contributed by atoms with van der Waals surface area (Å²) in [5.74, 6) is 0. The lowest BCUT2D eigenvalue weighted by Crippen LogP contribution is -2.10. The van der Waals surface area contributed by atoms with E-state index in [1.807, 2.05) is 32.0 Å². The largest absolute Gasteiger partial charge is 0.321 e. The fraction of sp³-hybridized carbons (Fsp3) is 0.125. The number of H-pyrrole nitrogens is 1. The zero-order valence-corrected chi connectivity index (χ0v) is 11.6. The first-order valence-corrected chi connectivity index (χ1v) is 6.47. The average molecular weight is 276 g/mol. The Morgan fingerprint density at radius 2 is 2.05 bits per heavy atom. The molecule has 0 fully saturated rings. The molecule has 0 spiro atoms. The summed E-state index contributed by atoms with van der Waals surface area (Å²) in [4.78, 5) is 23.3. The monoisotopic (exact) mass is 276 g/mol. The molecule has 1 N–H and O–H groups in total. The van der Waals surface area contributed by atoms with Crippen molar-refractivity contribution < 1.29 is 0 Å². The molecule has 3 rings (SSSR count). The summed E-state index contributed by atoms with van der Waals surface area (Å²) in [6.07, 6.45) is 1.64. The molecule has 3 aromatic rings. The highest BCUT2D eigenvalue weighted by Crippen LogP contribution is 2.27. The number of rotatable bonds is 1. The van der Waals surface area contributed by atoms with Crippen LogP contribution in [-0.4, -0.2) is 15.0 Å². The predicted molar refractivity (Wildman–Crippen MR) is 79.8 cm³/mol. The van der Waals surface area contributed by atoms with Gasteiger partial charge < -0.3 is 4.98 Å². The van der Waals surface area contributed by atoms with Crippen LogP contribution >= 0.6 is 0 Å². The quantitative estimate of drug-likeness (QED) is 0.740. The van der Waals surface area contributed by atoms with Gasteiger partial charge in [-0.3, -0.25) is 14.8 Å². The van der Waals surface area contributed by atoms with E-state index in [-0.39, 0.29) is 11.1 Å². The first-order chi connectivity index (χ1) is 10.1. The SMILES string of the molecule is Cc1ccc(-c2nccc3[nH]c(=O)c(C#N)cc23)c(C)n1. The smallest absolute Gasteiger partial charge is 0.266 e. The van der Waals surface area contributed by atoms with E-state index in [4.69, 9.17) is 5.26 Å². The Hall–Kier alpha value is -3.00. The van der Waals surface area contributed by atoms with Gasteiger partial charge in [0.2, 0.25) is 0 Å². The number of hydrogen-bond donors (Lipinski definition) is 1. The highest BCUT2D eigenvalue weighted by Gasteiger charge is 2.11. The normalized spacial score (nSPS) is 10.5. The zero-order valence-electron chi connectivity index (χ0n) is 11.6. The minimum atomic E-state index is -0.388. The van der Waals surface area contributed by atoms with Crippen molar-refractivity contribution in [3.63, 3.8) is 0 Å². The predicted octanol–water partition coefficient (Wildman–Crippen LogP) is 2.47. The van der Waals surface area contributed by atoms with Crippen molar-refractivity contribution in [3.05, 3.63) is 57.8 Å². The lowest BCUT2D eigenvalue weighted by molar-refractivity contribution is 1.12. The molecule has 0 aliphatic heterocycles. The number of aromatic amines is 1. The maximum Gasteiger partial charge on any atom is 0.266 e. The van der Waals surface area contributed by atoms with Gasteiger partial charge in [-0.15, -0.1) is 0 Å². The van der Waals surface area contributed by atoms with Gasteiger partial charge in [-0.1, -0.05) is 0 Å². The van der Waals surface area contributed by atoms with Crippen LogP contribution in [-0.2, 0) is 0 Å². The van der Waals surface area contributed by atoms with Gasteiger partial charge in [-0.2, -0.15) is 5.26 Å². The zero-order chi connectivity index (χ0) is 15.0. The second-order valence-corrected chi connectivity index (χ2v) is 4.83. The molecule has 3 heterocycles. The van der Waals surface area contributed by atoms with Crippen LogP contribution in [0.5, 0.6) is 0 Å². The molecule has 0 aliphatic carbocycles. The minimum absolute atomic E-state index is 0.0782. The molecular formula is C16H12N4O. The van der Waals surface area contributed by atoms with E-state index in [2.05, 4.69) is 15.0 Å². The van der Waals surface area contributed by atoms with Crippen molar-refractivity contribution in [2.75, 3.05) is 0 Å². The minimum Gasteiger partial charge on any atom is -0.321 e. The maximum absolute atomic E-state index is 11.7. The summed E-state index contributed by atoms with van der Waals surface area (Å²) in [5, 5.41) is 9.77. The Morgan fingerprint density at radius 1 is 1.24 bits per heavy atom. The molecule has 5 heteroatoms. The molecule has 0 aromatic carbocycles. The van der Waals surface area contributed by atoms with Crippen molar-refractivity contribution in [1.29, 1.82) is 5.26 Å². The van der Waals surface area contributed by atoms with Gasteiger partial charge in [0, 0.05) is 28.5 Å². The highest BCUT2D eigenvalue weighted by molar-refractivity contribution is 5.93. The van der Waals surface area contributed by atoms with Crippen molar-refractivity contribution in [3.8, 4) is 17.3 Å². The maximum atomic E-state index is 11.7. The van der Waals surface area contributed by atoms with Crippen LogP contribution in [0.15, 0.2) is 35.3 Å². The Morgan fingerprint density at radius 3 is 2.76 bits per heavy atom. The van der Waals surface area contributed by atoms with Crippen molar-refractivity contribution >= 4 is 10.9 Å². The van der Waals surface area contributed by atoms with Gasteiger partial charge in [0.25, 0.3) is 5.56 Å². The third-order valence-electron chi connectivity index (χ3n) is 3.37. The molecule has 5 nitrogen and oxygen atoms in total. The Labute approximate surface area is 120 Å². The van der Waals surface area contributed by atoms with E-state index >= 15 is 0 Å². The summed E-state index contributed by atoms with van der Waals surface area (Å²) < 4.78 is 0. The van der Waals surface area contributed by atoms with E-state index in [1.54, 1.807) is 18.3 Å². The summed E-state index contributed by atoms with van der Waals surface area (Å²) in [5.41, 5.74) is 3.74. The first-order valence-electron chi connectivity index (χ1n) is 6.47. The van der Waals surface area contributed by atoms with Crippen molar-refractivity contribution in [2.24, 2.45) is 0 Å². The molecule has 0 atom stereocenters. The summed E-state index contributed by atoms with van der Waals surface area (Å²) in [6, 6.07) is 9.07. The molecule has 0 saturated carbocycles. The number of nitriles is 1. The van der Waals surface area contributed by atoms with Crippen LogP contribution in [0.2, 0.25) is 0 Å². The lowest BCUT2D eigenvalue weighted by Gasteiger charge is -2.09. The highest BCUT2D eigenvalue weighted by atomic mass is 16.1. The van der Waals surface area contributed by atoms with Crippen molar-refractivity contribution in [2.45, 2.75) is 13.8 Å². The van der Waals surface area contributed by atoms with Gasteiger partial charge >= 0.3 is 0 Å². The number of nitrogens with one attached hydrogen (secondary N) is 1. The summed E-state index contributed by atoms with van der Waals surface area (Å²) in [7, 11) is 0. The molecule has 0 saturated heterocycles. The van der Waals surface area contributed by atoms with Crippen LogP contribution in [0.25, 0.3) is 22.2 Å². The van der Waals surface area contributed by atoms with Gasteiger partial charge in [-0.25, -0.2) is 0 Å². The molecule has 0 amide bonds. The molecule has 0 radical (unpaired) electrons. The topological polar surface area (TPSA) is 82.4 Å². The van der Waals surface area contributed by atoms with E-state index in [9.17, 15) is 4.79 Å². The van der Waals surface area contributed by atoms with Crippen LogP contribution in [0.3, 0.4) is 0 Å². The Kier molecular flexibility index (Phi) is 2.99. The third-order valence-corrected chi connectivity index (χ3v) is 3.37. The number of hydrogen-bond acceptors (Lipinski definition) is 4. The lowest BCUT2D eigenvalue weighted by atomic mass is 10.0. The fourth-order valence-corrected chi connectivity index (χ4v) is 2.36. The van der Waals surface area contributed by atoms with E-state index in [0.29, 0.717) is 11.2 Å². The number of aromatic nitrogens is 3. The Bertz CT molecular complexity index is 951. The van der Waals surface area contributed by atoms with E-state index in [1.165, 1.54) is 0 Å². The van der Waals surface area contributed by atoms with Crippen LogP contribution in [0.4, 0.5) is 0 Å². The second kappa shape index (κ2) is 4.84. The number of nitrogens with zero attached hydrogens (tertiary/aromatic N) is 3. The number of pyridine rings is 3. The second-order valence-electron chi connectivity index (χ2n) is 4.83. The third kappa shape index (κ3) is 2.17. The van der Waals surface area contributed by atoms with Gasteiger partial charge in [0.15, 0.2) is 0 Å². The van der Waals surface area contributed by atoms with Crippen LogP contribution in [0.1, 0.15) is 17.0 Å². The first kappa shape index (κ1) is 13.0. The number of aryl methyl sites for hydroxylation is 2. The van der Waals surface area contributed by atoms with Crippen LogP contribution in [0, 0.1) is 25.2 Å². The average Bonchev–Trinajstić information content (AvgIpc) is 2.46.